The van der Waals surface area contributed by atoms with Crippen molar-refractivity contribution in [3.63, 3.8) is 0 Å². The zero-order valence-electron chi connectivity index (χ0n) is 20.9. The molecule has 2 aliphatic rings. The van der Waals surface area contributed by atoms with Gasteiger partial charge in [-0.15, -0.1) is 10.2 Å². The number of anilines is 1. The van der Waals surface area contributed by atoms with E-state index in [0.717, 1.165) is 61.2 Å². The van der Waals surface area contributed by atoms with Crippen molar-refractivity contribution in [2.45, 2.75) is 61.3 Å². The molecule has 0 bridgehead atoms. The fourth-order valence-electron chi connectivity index (χ4n) is 4.93. The van der Waals surface area contributed by atoms with E-state index in [0.29, 0.717) is 5.03 Å². The Balaban J connectivity index is 1.14. The molecule has 8 nitrogen and oxygen atoms in total. The molecule has 1 aliphatic heterocycles. The molecule has 0 atom stereocenters. The third-order valence-corrected chi connectivity index (χ3v) is 8.02. The Bertz CT molecular complexity index is 1180. The summed E-state index contributed by atoms with van der Waals surface area (Å²) < 4.78 is 10.3. The highest BCUT2D eigenvalue weighted by Crippen LogP contribution is 2.31. The summed E-state index contributed by atoms with van der Waals surface area (Å²) in [5.74, 6) is -1.08. The van der Waals surface area contributed by atoms with Gasteiger partial charge in [0.1, 0.15) is 0 Å². The van der Waals surface area contributed by atoms with Crippen LogP contribution in [0.5, 0.6) is 0 Å². The van der Waals surface area contributed by atoms with Crippen molar-refractivity contribution in [3.05, 3.63) is 54.2 Å². The smallest absolute Gasteiger partial charge is 0.364 e. The Morgan fingerprint density at radius 1 is 0.838 bits per heavy atom. The zero-order chi connectivity index (χ0) is 25.5. The molecule has 0 unspecified atom stereocenters. The quantitative estimate of drug-likeness (QED) is 0.292. The van der Waals surface area contributed by atoms with Gasteiger partial charge in [-0.2, -0.15) is 5.21 Å². The van der Waals surface area contributed by atoms with Crippen LogP contribution in [-0.4, -0.2) is 47.2 Å². The number of H-pyrrole nitrogens is 1. The van der Waals surface area contributed by atoms with Crippen LogP contribution in [0, 0.1) is 5.92 Å². The SMILES string of the molecule is O=C(OCOC(=O)C1CCCCC1)c1n[nH]nc1Sc1ccc(-c2ccc(N3CCCCC3)cc2)cc1. The maximum absolute atomic E-state index is 12.5. The van der Waals surface area contributed by atoms with Gasteiger partial charge in [-0.1, -0.05) is 55.3 Å². The molecule has 5 rings (SSSR count). The Hall–Kier alpha value is -3.33. The van der Waals surface area contributed by atoms with Crippen molar-refractivity contribution in [2.24, 2.45) is 5.92 Å². The highest BCUT2D eigenvalue weighted by Gasteiger charge is 2.24. The molecule has 0 radical (unpaired) electrons. The number of carbonyl (C=O) groups is 2. The zero-order valence-corrected chi connectivity index (χ0v) is 21.7. The normalized spacial score (nSPS) is 16.4. The maximum atomic E-state index is 12.5. The van der Waals surface area contributed by atoms with Crippen LogP contribution in [-0.2, 0) is 14.3 Å². The molecule has 9 heteroatoms. The third-order valence-electron chi connectivity index (χ3n) is 7.03. The minimum Gasteiger partial charge on any atom is -0.428 e. The molecule has 1 aliphatic carbocycles. The molecule has 1 saturated heterocycles. The molecule has 1 N–H and O–H groups in total. The summed E-state index contributed by atoms with van der Waals surface area (Å²) >= 11 is 1.32. The second kappa shape index (κ2) is 12.3. The number of nitrogens with one attached hydrogen (secondary N) is 1. The fourth-order valence-corrected chi connectivity index (χ4v) is 5.74. The van der Waals surface area contributed by atoms with E-state index in [9.17, 15) is 9.59 Å². The molecule has 1 aromatic heterocycles. The molecule has 194 valence electrons. The van der Waals surface area contributed by atoms with Gasteiger partial charge in [-0.25, -0.2) is 4.79 Å². The number of hydrogen-bond donors (Lipinski definition) is 1. The van der Waals surface area contributed by atoms with Gasteiger partial charge in [0.25, 0.3) is 0 Å². The van der Waals surface area contributed by atoms with Gasteiger partial charge < -0.3 is 14.4 Å². The second-order valence-corrected chi connectivity index (χ2v) is 10.6. The van der Waals surface area contributed by atoms with Crippen LogP contribution in [0.3, 0.4) is 0 Å². The first-order chi connectivity index (χ1) is 18.2. The topological polar surface area (TPSA) is 97.4 Å². The van der Waals surface area contributed by atoms with E-state index in [2.05, 4.69) is 56.7 Å². The summed E-state index contributed by atoms with van der Waals surface area (Å²) in [5.41, 5.74) is 3.63. The van der Waals surface area contributed by atoms with E-state index in [1.54, 1.807) is 0 Å². The number of esters is 2. The van der Waals surface area contributed by atoms with Gasteiger partial charge in [0.15, 0.2) is 5.03 Å². The monoisotopic (exact) mass is 520 g/mol. The highest BCUT2D eigenvalue weighted by atomic mass is 32.2. The lowest BCUT2D eigenvalue weighted by molar-refractivity contribution is -0.158. The highest BCUT2D eigenvalue weighted by molar-refractivity contribution is 7.99. The molecule has 2 aromatic carbocycles. The summed E-state index contributed by atoms with van der Waals surface area (Å²) in [6.07, 6.45) is 8.74. The lowest BCUT2D eigenvalue weighted by Gasteiger charge is -2.28. The molecule has 37 heavy (non-hydrogen) atoms. The standard InChI is InChI=1S/C28H32N4O4S/c33-27(22-7-3-1-4-8-22)35-19-36-28(34)25-26(30-31-29-25)37-24-15-11-21(12-16-24)20-9-13-23(14-10-20)32-17-5-2-6-18-32/h9-16,22H,1-8,17-19H2,(H,29,30,31). The van der Waals surface area contributed by atoms with E-state index >= 15 is 0 Å². The van der Waals surface area contributed by atoms with E-state index in [-0.39, 0.29) is 17.6 Å². The Labute approximate surface area is 221 Å². The van der Waals surface area contributed by atoms with Crippen LogP contribution in [0.25, 0.3) is 11.1 Å². The van der Waals surface area contributed by atoms with Gasteiger partial charge in [0.05, 0.1) is 5.92 Å². The lowest BCUT2D eigenvalue weighted by Crippen LogP contribution is -2.29. The average Bonchev–Trinajstić information content (AvgIpc) is 3.42. The number of aromatic nitrogens is 3. The van der Waals surface area contributed by atoms with Gasteiger partial charge in [0, 0.05) is 23.7 Å². The number of hydrogen-bond acceptors (Lipinski definition) is 8. The molecule has 0 spiro atoms. The molecule has 0 amide bonds. The lowest BCUT2D eigenvalue weighted by atomic mass is 9.89. The van der Waals surface area contributed by atoms with Crippen LogP contribution in [0.4, 0.5) is 5.69 Å². The molecule has 1 saturated carbocycles. The van der Waals surface area contributed by atoms with Crippen molar-refractivity contribution >= 4 is 29.4 Å². The molecular formula is C28H32N4O4S. The van der Waals surface area contributed by atoms with Crippen molar-refractivity contribution < 1.29 is 19.1 Å². The molecule has 2 fully saturated rings. The number of ether oxygens (including phenoxy) is 2. The number of aromatic amines is 1. The number of carbonyl (C=O) groups excluding carboxylic acids is 2. The van der Waals surface area contributed by atoms with Crippen molar-refractivity contribution in [1.29, 1.82) is 0 Å². The summed E-state index contributed by atoms with van der Waals surface area (Å²) in [7, 11) is 0. The van der Waals surface area contributed by atoms with Crippen molar-refractivity contribution in [2.75, 3.05) is 24.8 Å². The predicted molar refractivity (Wildman–Crippen MR) is 141 cm³/mol. The minimum atomic E-state index is -0.682. The van der Waals surface area contributed by atoms with Crippen LogP contribution >= 0.6 is 11.8 Å². The van der Waals surface area contributed by atoms with E-state index in [1.165, 1.54) is 36.7 Å². The summed E-state index contributed by atoms with van der Waals surface area (Å²) in [6.45, 7) is 1.85. The Morgan fingerprint density at radius 3 is 2.19 bits per heavy atom. The first-order valence-corrected chi connectivity index (χ1v) is 13.9. The number of rotatable bonds is 8. The minimum absolute atomic E-state index is 0.0658. The number of nitrogens with zero attached hydrogens (tertiary/aromatic N) is 3. The first-order valence-electron chi connectivity index (χ1n) is 13.1. The predicted octanol–water partition coefficient (Wildman–Crippen LogP) is 5.85. The van der Waals surface area contributed by atoms with Crippen LogP contribution < -0.4 is 4.90 Å². The average molecular weight is 521 g/mol. The molecule has 3 aromatic rings. The van der Waals surface area contributed by atoms with Gasteiger partial charge >= 0.3 is 11.9 Å². The molecule has 2 heterocycles. The first kappa shape index (κ1) is 25.3. The van der Waals surface area contributed by atoms with E-state index in [1.807, 2.05) is 12.1 Å². The Kier molecular flexibility index (Phi) is 8.40. The van der Waals surface area contributed by atoms with Gasteiger partial charge in [-0.3, -0.25) is 4.79 Å². The van der Waals surface area contributed by atoms with Crippen molar-refractivity contribution in [3.8, 4) is 11.1 Å². The summed E-state index contributed by atoms with van der Waals surface area (Å²) in [6, 6.07) is 16.8. The maximum Gasteiger partial charge on any atom is 0.364 e. The third kappa shape index (κ3) is 6.52. The largest absolute Gasteiger partial charge is 0.428 e. The van der Waals surface area contributed by atoms with Crippen molar-refractivity contribution in [1.82, 2.24) is 15.4 Å². The summed E-state index contributed by atoms with van der Waals surface area (Å²) in [4.78, 5) is 28.0. The Morgan fingerprint density at radius 2 is 1.49 bits per heavy atom. The van der Waals surface area contributed by atoms with Gasteiger partial charge in [0.2, 0.25) is 12.5 Å². The number of benzene rings is 2. The van der Waals surface area contributed by atoms with Crippen LogP contribution in [0.15, 0.2) is 58.5 Å². The van der Waals surface area contributed by atoms with Crippen LogP contribution in [0.1, 0.15) is 61.9 Å². The summed E-state index contributed by atoms with van der Waals surface area (Å²) in [5, 5.41) is 10.9. The fraction of sp³-hybridized carbons (Fsp3) is 0.429. The van der Waals surface area contributed by atoms with Crippen LogP contribution in [0.2, 0.25) is 0 Å². The van der Waals surface area contributed by atoms with Gasteiger partial charge in [-0.05, 0) is 67.5 Å². The van der Waals surface area contributed by atoms with E-state index in [4.69, 9.17) is 9.47 Å². The second-order valence-electron chi connectivity index (χ2n) is 9.55. The van der Waals surface area contributed by atoms with E-state index < -0.39 is 12.8 Å². The molecular weight excluding hydrogens is 488 g/mol. The number of piperidine rings is 1.